The van der Waals surface area contributed by atoms with Gasteiger partial charge >= 0.3 is 5.97 Å². The summed E-state index contributed by atoms with van der Waals surface area (Å²) < 4.78 is 10.3. The van der Waals surface area contributed by atoms with Crippen LogP contribution in [0.5, 0.6) is 5.75 Å². The minimum atomic E-state index is -0.628. The molecular weight excluding hydrogens is 384 g/mol. The first-order chi connectivity index (χ1) is 14.5. The van der Waals surface area contributed by atoms with Crippen molar-refractivity contribution in [2.75, 3.05) is 18.5 Å². The van der Waals surface area contributed by atoms with Gasteiger partial charge in [-0.25, -0.2) is 4.79 Å². The maximum Gasteiger partial charge on any atom is 0.331 e. The van der Waals surface area contributed by atoms with Crippen molar-refractivity contribution in [1.82, 2.24) is 5.32 Å². The van der Waals surface area contributed by atoms with Crippen molar-refractivity contribution in [3.63, 3.8) is 0 Å². The zero-order chi connectivity index (χ0) is 21.3. The Bertz CT molecular complexity index is 933. The molecule has 0 atom stereocenters. The van der Waals surface area contributed by atoms with Crippen molar-refractivity contribution in [2.24, 2.45) is 0 Å². The van der Waals surface area contributed by atoms with Crippen LogP contribution < -0.4 is 15.4 Å². The van der Waals surface area contributed by atoms with Crippen LogP contribution >= 0.6 is 0 Å². The molecule has 7 heteroatoms. The number of hydrogen-bond donors (Lipinski definition) is 2. The number of ether oxygens (including phenoxy) is 2. The van der Waals surface area contributed by atoms with Crippen molar-refractivity contribution < 1.29 is 23.9 Å². The molecule has 0 aliphatic heterocycles. The fraction of sp³-hybridized carbons (Fsp3) is 0.261. The lowest BCUT2D eigenvalue weighted by molar-refractivity contribution is -0.142. The molecule has 0 bridgehead atoms. The monoisotopic (exact) mass is 408 g/mol. The summed E-state index contributed by atoms with van der Waals surface area (Å²) in [5, 5.41) is 5.51. The lowest BCUT2D eigenvalue weighted by atomic mass is 10.2. The molecule has 0 aromatic heterocycles. The molecular formula is C23H24N2O5. The third-order valence-corrected chi connectivity index (χ3v) is 4.27. The topological polar surface area (TPSA) is 93.7 Å². The number of nitrogens with one attached hydrogen (secondary N) is 2. The zero-order valence-corrected chi connectivity index (χ0v) is 16.7. The second-order valence-corrected chi connectivity index (χ2v) is 6.82. The first-order valence-corrected chi connectivity index (χ1v) is 9.82. The molecule has 0 unspecified atom stereocenters. The molecule has 2 aromatic rings. The van der Waals surface area contributed by atoms with Crippen molar-refractivity contribution in [3.05, 3.63) is 65.7 Å². The van der Waals surface area contributed by atoms with Gasteiger partial charge in [-0.1, -0.05) is 18.2 Å². The van der Waals surface area contributed by atoms with Gasteiger partial charge in [0, 0.05) is 23.4 Å². The molecule has 0 spiro atoms. The SMILES string of the molecule is CCOc1ccc(/C=C/C(=O)OCC(=O)Nc2cccc(C(=O)NC3CC3)c2)cc1. The Morgan fingerprint density at radius 2 is 1.87 bits per heavy atom. The van der Waals surface area contributed by atoms with E-state index >= 15 is 0 Å². The summed E-state index contributed by atoms with van der Waals surface area (Å²) in [6.45, 7) is 2.06. The number of anilines is 1. The molecule has 2 amide bonds. The number of carbonyl (C=O) groups is 3. The van der Waals surface area contributed by atoms with E-state index in [4.69, 9.17) is 9.47 Å². The largest absolute Gasteiger partial charge is 0.494 e. The second kappa shape index (κ2) is 10.2. The van der Waals surface area contributed by atoms with E-state index in [1.54, 1.807) is 42.5 Å². The van der Waals surface area contributed by atoms with Gasteiger partial charge in [-0.05, 0) is 61.7 Å². The van der Waals surface area contributed by atoms with Crippen LogP contribution in [0, 0.1) is 0 Å². The third kappa shape index (κ3) is 6.77. The number of rotatable bonds is 9. The van der Waals surface area contributed by atoms with Crippen LogP contribution in [0.25, 0.3) is 6.08 Å². The van der Waals surface area contributed by atoms with Gasteiger partial charge in [0.05, 0.1) is 6.61 Å². The summed E-state index contributed by atoms with van der Waals surface area (Å²) in [6.07, 6.45) is 4.85. The molecule has 1 fully saturated rings. The van der Waals surface area contributed by atoms with Gasteiger partial charge in [0.25, 0.3) is 11.8 Å². The summed E-state index contributed by atoms with van der Waals surface area (Å²) >= 11 is 0. The third-order valence-electron chi connectivity index (χ3n) is 4.27. The molecule has 1 aliphatic rings. The number of esters is 1. The van der Waals surface area contributed by atoms with Gasteiger partial charge in [0.1, 0.15) is 5.75 Å². The van der Waals surface area contributed by atoms with E-state index in [1.165, 1.54) is 6.08 Å². The van der Waals surface area contributed by atoms with E-state index in [-0.39, 0.29) is 11.9 Å². The Hall–Kier alpha value is -3.61. The predicted octanol–water partition coefficient (Wildman–Crippen LogP) is 3.17. The highest BCUT2D eigenvalue weighted by Gasteiger charge is 2.23. The highest BCUT2D eigenvalue weighted by atomic mass is 16.5. The van der Waals surface area contributed by atoms with Crippen LogP contribution in [0.2, 0.25) is 0 Å². The Morgan fingerprint density at radius 1 is 1.10 bits per heavy atom. The average molecular weight is 408 g/mol. The van der Waals surface area contributed by atoms with Crippen molar-refractivity contribution >= 4 is 29.5 Å². The number of amides is 2. The molecule has 156 valence electrons. The lowest BCUT2D eigenvalue weighted by Gasteiger charge is -2.08. The van der Waals surface area contributed by atoms with E-state index in [1.807, 2.05) is 19.1 Å². The van der Waals surface area contributed by atoms with Crippen molar-refractivity contribution in [1.29, 1.82) is 0 Å². The van der Waals surface area contributed by atoms with E-state index in [9.17, 15) is 14.4 Å². The van der Waals surface area contributed by atoms with Gasteiger partial charge in [-0.15, -0.1) is 0 Å². The maximum absolute atomic E-state index is 12.1. The summed E-state index contributed by atoms with van der Waals surface area (Å²) in [4.78, 5) is 35.9. The van der Waals surface area contributed by atoms with Gasteiger partial charge < -0.3 is 20.1 Å². The standard InChI is InChI=1S/C23H24N2O5/c1-2-29-20-11-6-16(7-12-20)8-13-22(27)30-15-21(26)24-19-5-3-4-17(14-19)23(28)25-18-9-10-18/h3-8,11-14,18H,2,9-10,15H2,1H3,(H,24,26)(H,25,28)/b13-8+. The maximum atomic E-state index is 12.1. The Balaban J connectivity index is 1.44. The van der Waals surface area contributed by atoms with Crippen LogP contribution in [0.1, 0.15) is 35.7 Å². The normalized spacial score (nSPS) is 13.0. The van der Waals surface area contributed by atoms with Crippen LogP contribution in [-0.4, -0.2) is 37.0 Å². The molecule has 1 saturated carbocycles. The first-order valence-electron chi connectivity index (χ1n) is 9.82. The molecule has 0 heterocycles. The molecule has 2 aromatic carbocycles. The van der Waals surface area contributed by atoms with Gasteiger partial charge in [-0.3, -0.25) is 9.59 Å². The average Bonchev–Trinajstić information content (AvgIpc) is 3.56. The molecule has 0 radical (unpaired) electrons. The molecule has 3 rings (SSSR count). The Kier molecular flexibility index (Phi) is 7.21. The number of carbonyl (C=O) groups excluding carboxylic acids is 3. The summed E-state index contributed by atoms with van der Waals surface area (Å²) in [6, 6.07) is 14.1. The highest BCUT2D eigenvalue weighted by Crippen LogP contribution is 2.20. The summed E-state index contributed by atoms with van der Waals surface area (Å²) in [7, 11) is 0. The smallest absolute Gasteiger partial charge is 0.331 e. The molecule has 1 aliphatic carbocycles. The molecule has 0 saturated heterocycles. The van der Waals surface area contributed by atoms with E-state index in [0.29, 0.717) is 17.9 Å². The van der Waals surface area contributed by atoms with Crippen LogP contribution in [0.15, 0.2) is 54.6 Å². The Morgan fingerprint density at radius 3 is 2.57 bits per heavy atom. The highest BCUT2D eigenvalue weighted by molar-refractivity contribution is 5.98. The van der Waals surface area contributed by atoms with Crippen LogP contribution in [0.4, 0.5) is 5.69 Å². The predicted molar refractivity (Wildman–Crippen MR) is 113 cm³/mol. The lowest BCUT2D eigenvalue weighted by Crippen LogP contribution is -2.25. The van der Waals surface area contributed by atoms with Crippen LogP contribution in [-0.2, 0) is 14.3 Å². The van der Waals surface area contributed by atoms with Crippen molar-refractivity contribution in [3.8, 4) is 5.75 Å². The molecule has 30 heavy (non-hydrogen) atoms. The van der Waals surface area contributed by atoms with Crippen LogP contribution in [0.3, 0.4) is 0 Å². The quantitative estimate of drug-likeness (QED) is 0.491. The fourth-order valence-corrected chi connectivity index (χ4v) is 2.62. The van der Waals surface area contributed by atoms with Gasteiger partial charge in [-0.2, -0.15) is 0 Å². The minimum Gasteiger partial charge on any atom is -0.494 e. The number of benzene rings is 2. The van der Waals surface area contributed by atoms with Crippen molar-refractivity contribution in [2.45, 2.75) is 25.8 Å². The van der Waals surface area contributed by atoms with E-state index in [0.717, 1.165) is 24.2 Å². The zero-order valence-electron chi connectivity index (χ0n) is 16.7. The van der Waals surface area contributed by atoms with Gasteiger partial charge in [0.15, 0.2) is 6.61 Å². The second-order valence-electron chi connectivity index (χ2n) is 6.82. The van der Waals surface area contributed by atoms with E-state index < -0.39 is 18.5 Å². The number of hydrogen-bond acceptors (Lipinski definition) is 5. The fourth-order valence-electron chi connectivity index (χ4n) is 2.62. The minimum absolute atomic E-state index is 0.167. The summed E-state index contributed by atoms with van der Waals surface area (Å²) in [5.41, 5.74) is 1.74. The Labute approximate surface area is 175 Å². The molecule has 2 N–H and O–H groups in total. The van der Waals surface area contributed by atoms with Gasteiger partial charge in [0.2, 0.25) is 0 Å². The summed E-state index contributed by atoms with van der Waals surface area (Å²) in [5.74, 6) is -0.531. The first kappa shape index (κ1) is 21.1. The van der Waals surface area contributed by atoms with E-state index in [2.05, 4.69) is 10.6 Å². The molecule has 7 nitrogen and oxygen atoms in total.